The molecule has 2 aromatic rings. The highest BCUT2D eigenvalue weighted by Crippen LogP contribution is 2.38. The van der Waals surface area contributed by atoms with Gasteiger partial charge in [-0.2, -0.15) is 26.3 Å². The molecule has 2 aromatic carbocycles. The minimum atomic E-state index is -4.74. The number of hydrogen-bond donors (Lipinski definition) is 0. The van der Waals surface area contributed by atoms with Gasteiger partial charge in [0.25, 0.3) is 0 Å². The monoisotopic (exact) mass is 588 g/mol. The van der Waals surface area contributed by atoms with Crippen molar-refractivity contribution in [2.24, 2.45) is 5.18 Å². The molecule has 1 fully saturated rings. The van der Waals surface area contributed by atoms with E-state index in [1.807, 2.05) is 11.8 Å². The number of benzene rings is 2. The fourth-order valence-electron chi connectivity index (χ4n) is 4.63. The summed E-state index contributed by atoms with van der Waals surface area (Å²) in [5.41, 5.74) is -1.79. The third kappa shape index (κ3) is 9.34. The quantitative estimate of drug-likeness (QED) is 0.203. The van der Waals surface area contributed by atoms with Crippen LogP contribution in [0, 0.1) is 4.91 Å². The second-order valence-electron chi connectivity index (χ2n) is 10.00. The van der Waals surface area contributed by atoms with Gasteiger partial charge in [-0.3, -0.25) is 9.69 Å². The van der Waals surface area contributed by atoms with Gasteiger partial charge in [0.2, 0.25) is 5.91 Å². The molecule has 0 spiro atoms. The number of nitrogens with zero attached hydrogens (tertiary/aromatic N) is 4. The number of carbonyl (C=O) groups is 1. The first-order valence-corrected chi connectivity index (χ1v) is 13.4. The average Bonchev–Trinajstić information content (AvgIpc) is 2.94. The zero-order valence-corrected chi connectivity index (χ0v) is 23.0. The second kappa shape index (κ2) is 14.0. The van der Waals surface area contributed by atoms with Gasteiger partial charge in [0, 0.05) is 58.3 Å². The normalized spacial score (nSPS) is 15.5. The predicted molar refractivity (Wildman–Crippen MR) is 143 cm³/mol. The summed E-state index contributed by atoms with van der Waals surface area (Å²) in [5, 5.41) is 2.43. The molecule has 0 aromatic heterocycles. The molecular weight excluding hydrogens is 554 g/mol. The molecule has 226 valence electrons. The van der Waals surface area contributed by atoms with Gasteiger partial charge in [-0.25, -0.2) is 0 Å². The standard InChI is InChI=1S/C28H34F6N4O3/c1-3-22(41-23-10-11-25(35-40)24(19-23)28(32,33)34)12-14-36(2)26(39)5-4-13-37-15-17-38(18-16-37)21-8-6-20(7-9-21)27(29,30)31/h6-11,19,22H,3-5,12-18H2,1-2H3. The van der Waals surface area contributed by atoms with Crippen LogP contribution < -0.4 is 9.64 Å². The maximum atomic E-state index is 13.2. The molecule has 3 rings (SSSR count). The van der Waals surface area contributed by atoms with E-state index < -0.39 is 35.3 Å². The van der Waals surface area contributed by atoms with E-state index >= 15 is 0 Å². The third-order valence-corrected chi connectivity index (χ3v) is 7.14. The van der Waals surface area contributed by atoms with Crippen molar-refractivity contribution >= 4 is 17.3 Å². The minimum Gasteiger partial charge on any atom is -0.490 e. The first-order chi connectivity index (χ1) is 19.3. The Morgan fingerprint density at radius 1 is 1.00 bits per heavy atom. The number of rotatable bonds is 12. The minimum absolute atomic E-state index is 0.0241. The lowest BCUT2D eigenvalue weighted by Gasteiger charge is -2.36. The number of hydrogen-bond acceptors (Lipinski definition) is 6. The third-order valence-electron chi connectivity index (χ3n) is 7.14. The smallest absolute Gasteiger partial charge is 0.418 e. The summed E-state index contributed by atoms with van der Waals surface area (Å²) in [6.45, 7) is 5.74. The molecule has 0 saturated carbocycles. The molecule has 1 aliphatic heterocycles. The first kappa shape index (κ1) is 32.2. The first-order valence-electron chi connectivity index (χ1n) is 13.4. The molecular formula is C28H34F6N4O3. The summed E-state index contributed by atoms with van der Waals surface area (Å²) in [4.78, 5) is 29.2. The number of amides is 1. The number of anilines is 1. The second-order valence-corrected chi connectivity index (χ2v) is 10.00. The number of piperazine rings is 1. The number of carbonyl (C=O) groups excluding carboxylic acids is 1. The maximum absolute atomic E-state index is 13.2. The predicted octanol–water partition coefficient (Wildman–Crippen LogP) is 6.73. The topological polar surface area (TPSA) is 65.5 Å². The highest BCUT2D eigenvalue weighted by atomic mass is 19.4. The van der Waals surface area contributed by atoms with Crippen LogP contribution in [0.3, 0.4) is 0 Å². The van der Waals surface area contributed by atoms with Crippen LogP contribution in [0.1, 0.15) is 43.7 Å². The van der Waals surface area contributed by atoms with Crippen molar-refractivity contribution in [1.29, 1.82) is 0 Å². The molecule has 13 heteroatoms. The van der Waals surface area contributed by atoms with Gasteiger partial charge >= 0.3 is 12.4 Å². The van der Waals surface area contributed by atoms with E-state index in [2.05, 4.69) is 10.1 Å². The van der Waals surface area contributed by atoms with Crippen LogP contribution in [-0.2, 0) is 17.1 Å². The Balaban J connectivity index is 1.38. The van der Waals surface area contributed by atoms with Crippen LogP contribution >= 0.6 is 0 Å². The lowest BCUT2D eigenvalue weighted by Crippen LogP contribution is -2.46. The molecule has 0 radical (unpaired) electrons. The van der Waals surface area contributed by atoms with Crippen molar-refractivity contribution in [2.75, 3.05) is 51.2 Å². The van der Waals surface area contributed by atoms with E-state index in [1.165, 1.54) is 18.2 Å². The Hall–Kier alpha value is -3.35. The SMILES string of the molecule is CCC(CCN(C)C(=O)CCCN1CCN(c2ccc(C(F)(F)F)cc2)CC1)Oc1ccc(N=O)c(C(F)(F)F)c1. The maximum Gasteiger partial charge on any atom is 0.418 e. The van der Waals surface area contributed by atoms with Gasteiger partial charge in [0.05, 0.1) is 11.1 Å². The van der Waals surface area contributed by atoms with Gasteiger partial charge in [-0.05, 0) is 67.0 Å². The molecule has 1 atom stereocenters. The highest BCUT2D eigenvalue weighted by Gasteiger charge is 2.35. The number of ether oxygens (including phenoxy) is 1. The largest absolute Gasteiger partial charge is 0.490 e. The summed E-state index contributed by atoms with van der Waals surface area (Å²) < 4.78 is 83.6. The molecule has 0 aliphatic carbocycles. The van der Waals surface area contributed by atoms with Crippen LogP contribution in [0.4, 0.5) is 37.7 Å². The van der Waals surface area contributed by atoms with Gasteiger partial charge in [0.15, 0.2) is 0 Å². The Morgan fingerprint density at radius 2 is 1.66 bits per heavy atom. The molecule has 0 N–H and O–H groups in total. The summed E-state index contributed by atoms with van der Waals surface area (Å²) >= 11 is 0. The summed E-state index contributed by atoms with van der Waals surface area (Å²) in [5.74, 6) is -0.0759. The van der Waals surface area contributed by atoms with Crippen molar-refractivity contribution < 1.29 is 35.9 Å². The summed E-state index contributed by atoms with van der Waals surface area (Å²) in [6, 6.07) is 8.16. The van der Waals surface area contributed by atoms with Crippen LogP contribution in [0.2, 0.25) is 0 Å². The zero-order chi connectivity index (χ0) is 30.2. The lowest BCUT2D eigenvalue weighted by molar-refractivity contribution is -0.138. The molecule has 1 unspecified atom stereocenters. The van der Waals surface area contributed by atoms with Gasteiger partial charge < -0.3 is 14.5 Å². The average molecular weight is 589 g/mol. The Labute approximate surface area is 235 Å². The van der Waals surface area contributed by atoms with Crippen molar-refractivity contribution in [2.45, 2.75) is 51.1 Å². The highest BCUT2D eigenvalue weighted by molar-refractivity contribution is 5.75. The van der Waals surface area contributed by atoms with Gasteiger partial charge in [-0.15, -0.1) is 4.91 Å². The Kier molecular flexibility index (Phi) is 11.0. The van der Waals surface area contributed by atoms with Gasteiger partial charge in [0.1, 0.15) is 17.5 Å². The van der Waals surface area contributed by atoms with Crippen LogP contribution in [0.15, 0.2) is 47.6 Å². The molecule has 1 amide bonds. The molecule has 1 saturated heterocycles. The zero-order valence-electron chi connectivity index (χ0n) is 23.0. The Morgan fingerprint density at radius 3 is 2.22 bits per heavy atom. The van der Waals surface area contributed by atoms with E-state index in [1.54, 1.807) is 11.9 Å². The van der Waals surface area contributed by atoms with E-state index in [0.29, 0.717) is 51.9 Å². The van der Waals surface area contributed by atoms with Crippen molar-refractivity contribution in [3.05, 3.63) is 58.5 Å². The molecule has 41 heavy (non-hydrogen) atoms. The van der Waals surface area contributed by atoms with Crippen molar-refractivity contribution in [3.63, 3.8) is 0 Å². The summed E-state index contributed by atoms with van der Waals surface area (Å²) in [7, 11) is 1.67. The van der Waals surface area contributed by atoms with E-state index in [-0.39, 0.29) is 11.7 Å². The molecule has 0 bridgehead atoms. The van der Waals surface area contributed by atoms with Gasteiger partial charge in [-0.1, -0.05) is 6.92 Å². The van der Waals surface area contributed by atoms with Crippen molar-refractivity contribution in [3.8, 4) is 5.75 Å². The molecule has 1 heterocycles. The number of alkyl halides is 6. The number of halogens is 6. The summed E-state index contributed by atoms with van der Waals surface area (Å²) in [6.07, 6.45) is -7.62. The van der Waals surface area contributed by atoms with E-state index in [0.717, 1.165) is 43.0 Å². The number of nitroso groups, excluding NO2 is 1. The van der Waals surface area contributed by atoms with Crippen molar-refractivity contribution in [1.82, 2.24) is 9.80 Å². The van der Waals surface area contributed by atoms with Crippen LogP contribution in [0.5, 0.6) is 5.75 Å². The van der Waals surface area contributed by atoms with E-state index in [4.69, 9.17) is 4.74 Å². The fourth-order valence-corrected chi connectivity index (χ4v) is 4.63. The van der Waals surface area contributed by atoms with E-state index in [9.17, 15) is 36.0 Å². The fraction of sp³-hybridized carbons (Fsp3) is 0.536. The molecule has 1 aliphatic rings. The van der Waals surface area contributed by atoms with Crippen LogP contribution in [0.25, 0.3) is 0 Å². The van der Waals surface area contributed by atoms with Crippen LogP contribution in [-0.4, -0.2) is 68.1 Å². The molecule has 7 nitrogen and oxygen atoms in total. The lowest BCUT2D eigenvalue weighted by atomic mass is 10.1. The Bertz CT molecular complexity index is 1150.